The van der Waals surface area contributed by atoms with Gasteiger partial charge in [-0.3, -0.25) is 0 Å². The number of halogens is 1. The fourth-order valence-corrected chi connectivity index (χ4v) is 3.81. The lowest BCUT2D eigenvalue weighted by molar-refractivity contribution is 0.259. The molecule has 152 valence electrons. The molecule has 0 aromatic heterocycles. The van der Waals surface area contributed by atoms with Gasteiger partial charge < -0.3 is 10.2 Å². The van der Waals surface area contributed by atoms with Gasteiger partial charge in [0.2, 0.25) is 0 Å². The first-order chi connectivity index (χ1) is 14.1. The molecule has 1 aliphatic rings. The van der Waals surface area contributed by atoms with Crippen molar-refractivity contribution >= 4 is 5.57 Å². The van der Waals surface area contributed by atoms with Gasteiger partial charge in [-0.15, -0.1) is 0 Å². The van der Waals surface area contributed by atoms with E-state index in [-0.39, 0.29) is 5.82 Å². The zero-order valence-corrected chi connectivity index (χ0v) is 17.2. The van der Waals surface area contributed by atoms with Gasteiger partial charge in [0.05, 0.1) is 5.70 Å². The Hall–Kier alpha value is -2.79. The molecule has 0 unspecified atom stereocenters. The largest absolute Gasteiger partial charge is 0.392 e. The van der Waals surface area contributed by atoms with Crippen molar-refractivity contribution < 1.29 is 4.39 Å². The minimum absolute atomic E-state index is 0.206. The number of nitrogens with zero attached hydrogens (tertiary/aromatic N) is 2. The van der Waals surface area contributed by atoms with Crippen LogP contribution in [0, 0.1) is 18.3 Å². The Labute approximate surface area is 172 Å². The summed E-state index contributed by atoms with van der Waals surface area (Å²) in [6.07, 6.45) is 4.53. The average molecular weight is 393 g/mol. The monoisotopic (exact) mass is 392 g/mol. The highest BCUT2D eigenvalue weighted by Crippen LogP contribution is 2.32. The van der Waals surface area contributed by atoms with E-state index in [0.717, 1.165) is 50.2 Å². The van der Waals surface area contributed by atoms with E-state index in [1.807, 2.05) is 19.2 Å². The van der Waals surface area contributed by atoms with Gasteiger partial charge >= 0.3 is 0 Å². The quantitative estimate of drug-likeness (QED) is 0.610. The molecule has 0 radical (unpaired) electrons. The SMILES string of the molecule is CN/C=C(/CCN1CCC(=C(c2ccc(C)cc2)c2ccc(F)cc2)CC1)N=N. The van der Waals surface area contributed by atoms with Gasteiger partial charge in [0, 0.05) is 39.3 Å². The van der Waals surface area contributed by atoms with Crippen molar-refractivity contribution in [1.82, 2.24) is 10.2 Å². The van der Waals surface area contributed by atoms with Crippen molar-refractivity contribution in [2.75, 3.05) is 26.7 Å². The summed E-state index contributed by atoms with van der Waals surface area (Å²) in [5.74, 6) is -0.206. The molecule has 2 N–H and O–H groups in total. The Kier molecular flexibility index (Phi) is 7.30. The molecule has 0 saturated carbocycles. The number of aryl methyl sites for hydroxylation is 1. The number of likely N-dealkylation sites (tertiary alicyclic amines) is 1. The second-order valence-electron chi connectivity index (χ2n) is 7.48. The van der Waals surface area contributed by atoms with Gasteiger partial charge in [0.1, 0.15) is 5.82 Å². The molecule has 1 fully saturated rings. The summed E-state index contributed by atoms with van der Waals surface area (Å²) in [6, 6.07) is 15.4. The molecule has 2 aromatic rings. The zero-order chi connectivity index (χ0) is 20.6. The highest BCUT2D eigenvalue weighted by molar-refractivity contribution is 5.82. The van der Waals surface area contributed by atoms with Crippen LogP contribution in [0.3, 0.4) is 0 Å². The number of rotatable bonds is 7. The van der Waals surface area contributed by atoms with Gasteiger partial charge in [-0.1, -0.05) is 47.5 Å². The number of hydrogen-bond acceptors (Lipinski definition) is 4. The predicted octanol–water partition coefficient (Wildman–Crippen LogP) is 5.51. The molecule has 1 saturated heterocycles. The first-order valence-corrected chi connectivity index (χ1v) is 10.1. The zero-order valence-electron chi connectivity index (χ0n) is 17.2. The van der Waals surface area contributed by atoms with Crippen molar-refractivity contribution in [3.8, 4) is 0 Å². The standard InChI is InChI=1S/C24H29FN4/c1-18-3-5-19(6-4-18)24(20-7-9-22(25)10-8-20)21-11-14-29(15-12-21)16-13-23(28-26)17-27-2/h3-10,17,26-27H,11-16H2,1-2H3/b23-17-,28-26?. The van der Waals surface area contributed by atoms with E-state index in [1.54, 1.807) is 18.3 Å². The number of nitrogens with one attached hydrogen (secondary N) is 2. The first kappa shape index (κ1) is 20.9. The summed E-state index contributed by atoms with van der Waals surface area (Å²) < 4.78 is 13.5. The van der Waals surface area contributed by atoms with Crippen molar-refractivity contribution in [1.29, 1.82) is 5.53 Å². The summed E-state index contributed by atoms with van der Waals surface area (Å²) in [5.41, 5.74) is 14.2. The lowest BCUT2D eigenvalue weighted by atomic mass is 9.88. The van der Waals surface area contributed by atoms with Crippen LogP contribution < -0.4 is 5.32 Å². The maximum Gasteiger partial charge on any atom is 0.123 e. The molecule has 1 aliphatic heterocycles. The molecule has 4 nitrogen and oxygen atoms in total. The molecule has 0 atom stereocenters. The van der Waals surface area contributed by atoms with Crippen LogP contribution in [0.1, 0.15) is 36.0 Å². The maximum atomic E-state index is 13.5. The minimum Gasteiger partial charge on any atom is -0.392 e. The van der Waals surface area contributed by atoms with E-state index in [0.29, 0.717) is 0 Å². The van der Waals surface area contributed by atoms with E-state index in [1.165, 1.54) is 22.3 Å². The molecule has 1 heterocycles. The van der Waals surface area contributed by atoms with Gasteiger partial charge in [0.25, 0.3) is 0 Å². The lowest BCUT2D eigenvalue weighted by Crippen LogP contribution is -2.32. The number of benzene rings is 2. The molecule has 0 aliphatic carbocycles. The third-order valence-corrected chi connectivity index (χ3v) is 5.43. The van der Waals surface area contributed by atoms with Crippen LogP contribution in [-0.4, -0.2) is 31.6 Å². The maximum absolute atomic E-state index is 13.5. The molecule has 0 amide bonds. The summed E-state index contributed by atoms with van der Waals surface area (Å²) in [6.45, 7) is 4.96. The Morgan fingerprint density at radius 3 is 2.21 bits per heavy atom. The van der Waals surface area contributed by atoms with Gasteiger partial charge in [-0.2, -0.15) is 5.11 Å². The molecule has 2 aromatic carbocycles. The van der Waals surface area contributed by atoms with Crippen LogP contribution in [0.5, 0.6) is 0 Å². The summed E-state index contributed by atoms with van der Waals surface area (Å²) >= 11 is 0. The second-order valence-corrected chi connectivity index (χ2v) is 7.48. The molecule has 0 bridgehead atoms. The molecule has 0 spiro atoms. The van der Waals surface area contributed by atoms with E-state index < -0.39 is 0 Å². The molecule has 3 rings (SSSR count). The van der Waals surface area contributed by atoms with E-state index in [9.17, 15) is 4.39 Å². The Bertz CT molecular complexity index is 825. The Balaban J connectivity index is 1.79. The smallest absolute Gasteiger partial charge is 0.123 e. The number of piperidine rings is 1. The lowest BCUT2D eigenvalue weighted by Gasteiger charge is -2.30. The molecular weight excluding hydrogens is 363 g/mol. The van der Waals surface area contributed by atoms with Gasteiger partial charge in [-0.25, -0.2) is 9.92 Å². The minimum atomic E-state index is -0.206. The van der Waals surface area contributed by atoms with E-state index in [4.69, 9.17) is 5.53 Å². The van der Waals surface area contributed by atoms with Crippen LogP contribution in [0.2, 0.25) is 0 Å². The van der Waals surface area contributed by atoms with Crippen molar-refractivity contribution in [2.45, 2.75) is 26.2 Å². The van der Waals surface area contributed by atoms with Gasteiger partial charge in [0.15, 0.2) is 0 Å². The Morgan fingerprint density at radius 1 is 1.07 bits per heavy atom. The fraction of sp³-hybridized carbons (Fsp3) is 0.333. The van der Waals surface area contributed by atoms with Crippen LogP contribution in [0.4, 0.5) is 4.39 Å². The third-order valence-electron chi connectivity index (χ3n) is 5.43. The van der Waals surface area contributed by atoms with Gasteiger partial charge in [-0.05, 0) is 48.6 Å². The normalized spacial score (nSPS) is 15.3. The van der Waals surface area contributed by atoms with E-state index in [2.05, 4.69) is 46.5 Å². The van der Waals surface area contributed by atoms with Crippen LogP contribution in [0.15, 0.2) is 71.1 Å². The third kappa shape index (κ3) is 5.61. The van der Waals surface area contributed by atoms with Crippen molar-refractivity contribution in [2.24, 2.45) is 5.11 Å². The summed E-state index contributed by atoms with van der Waals surface area (Å²) in [4.78, 5) is 2.43. The van der Waals surface area contributed by atoms with Crippen LogP contribution >= 0.6 is 0 Å². The van der Waals surface area contributed by atoms with Crippen molar-refractivity contribution in [3.05, 3.63) is 88.5 Å². The first-order valence-electron chi connectivity index (χ1n) is 10.1. The highest BCUT2D eigenvalue weighted by atomic mass is 19.1. The Morgan fingerprint density at radius 2 is 1.66 bits per heavy atom. The van der Waals surface area contributed by atoms with Crippen molar-refractivity contribution in [3.63, 3.8) is 0 Å². The molecule has 5 heteroatoms. The van der Waals surface area contributed by atoms with Crippen LogP contribution in [0.25, 0.3) is 5.57 Å². The predicted molar refractivity (Wildman–Crippen MR) is 116 cm³/mol. The summed E-state index contributed by atoms with van der Waals surface area (Å²) in [7, 11) is 1.82. The van der Waals surface area contributed by atoms with E-state index >= 15 is 0 Å². The number of hydrogen-bond donors (Lipinski definition) is 2. The highest BCUT2D eigenvalue weighted by Gasteiger charge is 2.19. The topological polar surface area (TPSA) is 51.5 Å². The van der Waals surface area contributed by atoms with Crippen LogP contribution in [-0.2, 0) is 0 Å². The molecule has 29 heavy (non-hydrogen) atoms. The summed E-state index contributed by atoms with van der Waals surface area (Å²) in [5, 5.41) is 6.53. The fourth-order valence-electron chi connectivity index (χ4n) is 3.81. The average Bonchev–Trinajstić information content (AvgIpc) is 2.75. The second kappa shape index (κ2) is 10.1. The molecular formula is C24H29FN4.